The summed E-state index contributed by atoms with van der Waals surface area (Å²) in [4.78, 5) is 32.1. The zero-order valence-electron chi connectivity index (χ0n) is 14.9. The van der Waals surface area contributed by atoms with Crippen molar-refractivity contribution in [3.05, 3.63) is 56.6 Å². The largest absolute Gasteiger partial charge is 0.338 e. The van der Waals surface area contributed by atoms with Gasteiger partial charge in [0, 0.05) is 31.4 Å². The van der Waals surface area contributed by atoms with Crippen molar-refractivity contribution in [3.8, 4) is 0 Å². The van der Waals surface area contributed by atoms with E-state index in [1.807, 2.05) is 28.5 Å². The summed E-state index contributed by atoms with van der Waals surface area (Å²) in [7, 11) is 0. The van der Waals surface area contributed by atoms with Crippen molar-refractivity contribution in [1.29, 1.82) is 0 Å². The van der Waals surface area contributed by atoms with Gasteiger partial charge in [-0.05, 0) is 67.8 Å². The Morgan fingerprint density at radius 3 is 2.50 bits per heavy atom. The maximum atomic E-state index is 12.5. The number of H-pyrrole nitrogens is 1. The first kappa shape index (κ1) is 17.5. The fourth-order valence-corrected chi connectivity index (χ4v) is 4.99. The van der Waals surface area contributed by atoms with E-state index in [1.165, 1.54) is 16.9 Å². The van der Waals surface area contributed by atoms with E-state index in [9.17, 15) is 9.59 Å². The van der Waals surface area contributed by atoms with Crippen LogP contribution in [-0.4, -0.2) is 52.9 Å². The SMILES string of the molecule is O=C(c1cccs1)N1CCC(N2CCC(c3cc[nH]c(=O)c3)CC2)CC1. The van der Waals surface area contributed by atoms with E-state index < -0.39 is 0 Å². The average Bonchev–Trinajstić information content (AvgIpc) is 3.23. The summed E-state index contributed by atoms with van der Waals surface area (Å²) >= 11 is 1.53. The molecule has 26 heavy (non-hydrogen) atoms. The van der Waals surface area contributed by atoms with Crippen LogP contribution in [0.5, 0.6) is 0 Å². The second-order valence-electron chi connectivity index (χ2n) is 7.30. The third-order valence-corrected chi connectivity index (χ3v) is 6.66. The molecule has 1 amide bonds. The van der Waals surface area contributed by atoms with Crippen molar-refractivity contribution in [2.75, 3.05) is 26.2 Å². The molecule has 2 aromatic rings. The van der Waals surface area contributed by atoms with Gasteiger partial charge in [-0.3, -0.25) is 9.59 Å². The lowest BCUT2D eigenvalue weighted by molar-refractivity contribution is 0.0582. The number of hydrogen-bond acceptors (Lipinski definition) is 4. The Kier molecular flexibility index (Phi) is 5.22. The van der Waals surface area contributed by atoms with E-state index in [-0.39, 0.29) is 11.5 Å². The molecule has 138 valence electrons. The van der Waals surface area contributed by atoms with Crippen LogP contribution in [0.3, 0.4) is 0 Å². The molecule has 0 saturated carbocycles. The molecule has 2 aliphatic rings. The summed E-state index contributed by atoms with van der Waals surface area (Å²) in [5, 5.41) is 1.96. The van der Waals surface area contributed by atoms with Crippen molar-refractivity contribution in [3.63, 3.8) is 0 Å². The molecular formula is C20H25N3O2S. The number of hydrogen-bond donors (Lipinski definition) is 1. The highest BCUT2D eigenvalue weighted by molar-refractivity contribution is 7.12. The van der Waals surface area contributed by atoms with E-state index in [4.69, 9.17) is 0 Å². The second-order valence-corrected chi connectivity index (χ2v) is 8.24. The first-order chi connectivity index (χ1) is 12.7. The zero-order valence-corrected chi connectivity index (χ0v) is 15.7. The molecule has 0 radical (unpaired) electrons. The number of nitrogens with zero attached hydrogens (tertiary/aromatic N) is 2. The number of piperidine rings is 2. The average molecular weight is 372 g/mol. The van der Waals surface area contributed by atoms with Gasteiger partial charge in [-0.15, -0.1) is 11.3 Å². The summed E-state index contributed by atoms with van der Waals surface area (Å²) < 4.78 is 0. The van der Waals surface area contributed by atoms with Gasteiger partial charge >= 0.3 is 0 Å². The molecule has 2 saturated heterocycles. The molecular weight excluding hydrogens is 346 g/mol. The Labute approximate surface area is 157 Å². The van der Waals surface area contributed by atoms with E-state index in [1.54, 1.807) is 12.3 Å². The molecule has 0 atom stereocenters. The van der Waals surface area contributed by atoms with Gasteiger partial charge in [-0.1, -0.05) is 6.07 Å². The summed E-state index contributed by atoms with van der Waals surface area (Å²) in [6.45, 7) is 3.88. The van der Waals surface area contributed by atoms with Crippen LogP contribution in [0.2, 0.25) is 0 Å². The molecule has 2 aromatic heterocycles. The lowest BCUT2D eigenvalue weighted by atomic mass is 9.88. The number of aromatic amines is 1. The fourth-order valence-electron chi connectivity index (χ4n) is 4.30. The van der Waals surface area contributed by atoms with Gasteiger partial charge in [0.25, 0.3) is 5.91 Å². The van der Waals surface area contributed by atoms with Crippen LogP contribution in [0.15, 0.2) is 40.6 Å². The Morgan fingerprint density at radius 1 is 1.08 bits per heavy atom. The summed E-state index contributed by atoms with van der Waals surface area (Å²) in [5.41, 5.74) is 1.16. The highest BCUT2D eigenvalue weighted by atomic mass is 32.1. The predicted octanol–water partition coefficient (Wildman–Crippen LogP) is 2.92. The smallest absolute Gasteiger partial charge is 0.263 e. The number of carbonyl (C=O) groups is 1. The first-order valence-electron chi connectivity index (χ1n) is 9.46. The number of aromatic nitrogens is 1. The maximum Gasteiger partial charge on any atom is 0.263 e. The van der Waals surface area contributed by atoms with Crippen LogP contribution < -0.4 is 5.56 Å². The summed E-state index contributed by atoms with van der Waals surface area (Å²) in [6.07, 6.45) is 6.10. The van der Waals surface area contributed by atoms with Crippen LogP contribution in [0.25, 0.3) is 0 Å². The lowest BCUT2D eigenvalue weighted by Crippen LogP contribution is -2.48. The third kappa shape index (κ3) is 3.76. The maximum absolute atomic E-state index is 12.5. The van der Waals surface area contributed by atoms with Crippen molar-refractivity contribution in [2.45, 2.75) is 37.6 Å². The molecule has 6 heteroatoms. The van der Waals surface area contributed by atoms with Gasteiger partial charge in [0.1, 0.15) is 0 Å². The summed E-state index contributed by atoms with van der Waals surface area (Å²) in [5.74, 6) is 0.681. The number of thiophene rings is 1. The zero-order chi connectivity index (χ0) is 17.9. The molecule has 0 unspecified atom stereocenters. The fraction of sp³-hybridized carbons (Fsp3) is 0.500. The number of rotatable bonds is 3. The van der Waals surface area contributed by atoms with Crippen LogP contribution in [0, 0.1) is 0 Å². The molecule has 0 aromatic carbocycles. The Morgan fingerprint density at radius 2 is 1.85 bits per heavy atom. The van der Waals surface area contributed by atoms with Crippen molar-refractivity contribution in [1.82, 2.24) is 14.8 Å². The minimum absolute atomic E-state index is 0.00675. The topological polar surface area (TPSA) is 56.4 Å². The second kappa shape index (κ2) is 7.76. The van der Waals surface area contributed by atoms with Crippen molar-refractivity contribution >= 4 is 17.2 Å². The van der Waals surface area contributed by atoms with Crippen LogP contribution in [0.4, 0.5) is 0 Å². The molecule has 5 nitrogen and oxygen atoms in total. The first-order valence-corrected chi connectivity index (χ1v) is 10.3. The van der Waals surface area contributed by atoms with E-state index in [0.29, 0.717) is 12.0 Å². The molecule has 4 rings (SSSR count). The standard InChI is InChI=1S/C20H25N3O2S/c24-19-14-16(3-8-21-19)15-4-9-22(10-5-15)17-6-11-23(12-7-17)20(25)18-2-1-13-26-18/h1-3,8,13-15,17H,4-7,9-12H2,(H,21,24). The molecule has 0 aliphatic carbocycles. The van der Waals surface area contributed by atoms with Gasteiger partial charge in [-0.25, -0.2) is 0 Å². The molecule has 2 fully saturated rings. The van der Waals surface area contributed by atoms with Crippen LogP contribution in [-0.2, 0) is 0 Å². The lowest BCUT2D eigenvalue weighted by Gasteiger charge is -2.41. The minimum Gasteiger partial charge on any atom is -0.338 e. The number of nitrogens with one attached hydrogen (secondary N) is 1. The molecule has 1 N–H and O–H groups in total. The number of likely N-dealkylation sites (tertiary alicyclic amines) is 2. The van der Waals surface area contributed by atoms with Gasteiger partial charge in [0.2, 0.25) is 5.56 Å². The quantitative estimate of drug-likeness (QED) is 0.903. The molecule has 0 spiro atoms. The number of pyridine rings is 1. The normalized spacial score (nSPS) is 20.4. The third-order valence-electron chi connectivity index (χ3n) is 5.80. The minimum atomic E-state index is -0.00675. The van der Waals surface area contributed by atoms with Gasteiger partial charge < -0.3 is 14.8 Å². The Bertz CT molecular complexity index is 785. The number of carbonyl (C=O) groups excluding carboxylic acids is 1. The molecule has 2 aliphatic heterocycles. The van der Waals surface area contributed by atoms with Crippen LogP contribution in [0.1, 0.15) is 46.8 Å². The predicted molar refractivity (Wildman–Crippen MR) is 104 cm³/mol. The monoisotopic (exact) mass is 371 g/mol. The highest BCUT2D eigenvalue weighted by Gasteiger charge is 2.30. The highest BCUT2D eigenvalue weighted by Crippen LogP contribution is 2.30. The van der Waals surface area contributed by atoms with Gasteiger partial charge in [-0.2, -0.15) is 0 Å². The Balaban J connectivity index is 1.28. The van der Waals surface area contributed by atoms with E-state index in [2.05, 4.69) is 9.88 Å². The summed E-state index contributed by atoms with van der Waals surface area (Å²) in [6, 6.07) is 8.22. The molecule has 4 heterocycles. The van der Waals surface area contributed by atoms with Gasteiger partial charge in [0.05, 0.1) is 4.88 Å². The van der Waals surface area contributed by atoms with E-state index >= 15 is 0 Å². The number of amides is 1. The Hall–Kier alpha value is -1.92. The molecule has 0 bridgehead atoms. The van der Waals surface area contributed by atoms with Gasteiger partial charge in [0.15, 0.2) is 0 Å². The van der Waals surface area contributed by atoms with E-state index in [0.717, 1.165) is 56.7 Å². The van der Waals surface area contributed by atoms with Crippen LogP contribution >= 0.6 is 11.3 Å². The van der Waals surface area contributed by atoms with Crippen molar-refractivity contribution < 1.29 is 4.79 Å². The van der Waals surface area contributed by atoms with Crippen molar-refractivity contribution in [2.24, 2.45) is 0 Å².